The zero-order valence-corrected chi connectivity index (χ0v) is 18.5. The minimum absolute atomic E-state index is 0.103. The van der Waals surface area contributed by atoms with Crippen LogP contribution in [0.4, 0.5) is 0 Å². The van der Waals surface area contributed by atoms with E-state index in [0.717, 1.165) is 4.90 Å². The van der Waals surface area contributed by atoms with E-state index in [9.17, 15) is 22.8 Å². The molecule has 162 valence electrons. The molecule has 2 aliphatic rings. The van der Waals surface area contributed by atoms with Gasteiger partial charge in [-0.25, -0.2) is 8.42 Å². The van der Waals surface area contributed by atoms with E-state index >= 15 is 0 Å². The number of hydrogen-bond donors (Lipinski definition) is 0. The summed E-state index contributed by atoms with van der Waals surface area (Å²) in [6.07, 6.45) is 0. The standard InChI is InChI=1S/C20H17Cl2N3O5S/c21-16-10-14-15(11-17(16)22)20(28)25(19(14)27)12-18(26)23-6-8-24(9-7-23)31(29,30)13-4-2-1-3-5-13/h1-5,10-11H,6-9,12H2. The molecule has 0 N–H and O–H groups in total. The molecule has 0 saturated carbocycles. The predicted molar refractivity (Wildman–Crippen MR) is 114 cm³/mol. The van der Waals surface area contributed by atoms with Crippen molar-refractivity contribution in [3.63, 3.8) is 0 Å². The van der Waals surface area contributed by atoms with Gasteiger partial charge in [0.15, 0.2) is 0 Å². The van der Waals surface area contributed by atoms with Gasteiger partial charge in [0.05, 0.1) is 26.1 Å². The molecule has 2 aromatic rings. The number of carbonyl (C=O) groups excluding carboxylic acids is 3. The van der Waals surface area contributed by atoms with Gasteiger partial charge in [-0.15, -0.1) is 0 Å². The summed E-state index contributed by atoms with van der Waals surface area (Å²) in [6.45, 7) is 0.122. The summed E-state index contributed by atoms with van der Waals surface area (Å²) >= 11 is 11.9. The van der Waals surface area contributed by atoms with Crippen LogP contribution in [0.5, 0.6) is 0 Å². The van der Waals surface area contributed by atoms with Crippen molar-refractivity contribution in [1.82, 2.24) is 14.1 Å². The van der Waals surface area contributed by atoms with Crippen LogP contribution in [-0.4, -0.2) is 73.0 Å². The summed E-state index contributed by atoms with van der Waals surface area (Å²) in [6, 6.07) is 10.7. The summed E-state index contributed by atoms with van der Waals surface area (Å²) in [5.74, 6) is -1.67. The Balaban J connectivity index is 1.41. The Hall–Kier alpha value is -2.46. The van der Waals surface area contributed by atoms with Gasteiger partial charge in [-0.1, -0.05) is 41.4 Å². The van der Waals surface area contributed by atoms with Crippen molar-refractivity contribution in [2.24, 2.45) is 0 Å². The average Bonchev–Trinajstić information content (AvgIpc) is 2.99. The first kappa shape index (κ1) is 21.8. The van der Waals surface area contributed by atoms with Crippen LogP contribution in [0.15, 0.2) is 47.4 Å². The Morgan fingerprint density at radius 2 is 1.39 bits per heavy atom. The van der Waals surface area contributed by atoms with Gasteiger partial charge in [0.1, 0.15) is 6.54 Å². The molecule has 2 aliphatic heterocycles. The van der Waals surface area contributed by atoms with E-state index in [0.29, 0.717) is 0 Å². The molecule has 2 heterocycles. The number of carbonyl (C=O) groups is 3. The number of nitrogens with zero attached hydrogens (tertiary/aromatic N) is 3. The van der Waals surface area contributed by atoms with Crippen molar-refractivity contribution in [3.05, 3.63) is 63.6 Å². The molecule has 0 aromatic heterocycles. The van der Waals surface area contributed by atoms with E-state index in [-0.39, 0.29) is 52.2 Å². The number of amides is 3. The maximum absolute atomic E-state index is 12.7. The van der Waals surface area contributed by atoms with Crippen LogP contribution < -0.4 is 0 Å². The average molecular weight is 482 g/mol. The first-order valence-corrected chi connectivity index (χ1v) is 11.6. The molecule has 1 saturated heterocycles. The summed E-state index contributed by atoms with van der Waals surface area (Å²) in [5.41, 5.74) is 0.206. The SMILES string of the molecule is O=C(CN1C(=O)c2cc(Cl)c(Cl)cc2C1=O)N1CCN(S(=O)(=O)c2ccccc2)CC1. The molecule has 0 unspecified atom stereocenters. The van der Waals surface area contributed by atoms with Crippen molar-refractivity contribution in [3.8, 4) is 0 Å². The molecule has 0 bridgehead atoms. The monoisotopic (exact) mass is 481 g/mol. The lowest BCUT2D eigenvalue weighted by atomic mass is 10.1. The van der Waals surface area contributed by atoms with Gasteiger partial charge in [0, 0.05) is 26.2 Å². The first-order valence-electron chi connectivity index (χ1n) is 9.38. The third-order valence-corrected chi connectivity index (χ3v) is 7.91. The number of benzene rings is 2. The van der Waals surface area contributed by atoms with E-state index < -0.39 is 34.3 Å². The molecular weight excluding hydrogens is 465 g/mol. The number of imide groups is 1. The highest BCUT2D eigenvalue weighted by Crippen LogP contribution is 2.31. The van der Waals surface area contributed by atoms with Crippen molar-refractivity contribution in [1.29, 1.82) is 0 Å². The molecule has 1 fully saturated rings. The Kier molecular flexibility index (Phi) is 5.78. The number of hydrogen-bond acceptors (Lipinski definition) is 5. The van der Waals surface area contributed by atoms with Gasteiger partial charge < -0.3 is 4.90 Å². The van der Waals surface area contributed by atoms with Crippen molar-refractivity contribution in [2.75, 3.05) is 32.7 Å². The van der Waals surface area contributed by atoms with Gasteiger partial charge >= 0.3 is 0 Å². The van der Waals surface area contributed by atoms with E-state index in [1.54, 1.807) is 18.2 Å². The molecule has 31 heavy (non-hydrogen) atoms. The number of rotatable bonds is 4. The highest BCUT2D eigenvalue weighted by Gasteiger charge is 2.39. The molecule has 2 aromatic carbocycles. The van der Waals surface area contributed by atoms with Crippen molar-refractivity contribution in [2.45, 2.75) is 4.90 Å². The Morgan fingerprint density at radius 3 is 1.90 bits per heavy atom. The summed E-state index contributed by atoms with van der Waals surface area (Å²) in [4.78, 5) is 40.4. The van der Waals surface area contributed by atoms with Crippen LogP contribution in [0.3, 0.4) is 0 Å². The minimum Gasteiger partial charge on any atom is -0.338 e. The number of sulfonamides is 1. The van der Waals surface area contributed by atoms with Crippen molar-refractivity contribution >= 4 is 50.9 Å². The Morgan fingerprint density at radius 1 is 0.871 bits per heavy atom. The molecule has 0 radical (unpaired) electrons. The molecule has 8 nitrogen and oxygen atoms in total. The van der Waals surface area contributed by atoms with Crippen LogP contribution in [0.2, 0.25) is 10.0 Å². The zero-order chi connectivity index (χ0) is 22.3. The van der Waals surface area contributed by atoms with Gasteiger partial charge in [-0.2, -0.15) is 4.31 Å². The first-order chi connectivity index (χ1) is 14.7. The molecule has 0 spiro atoms. The van der Waals surface area contributed by atoms with E-state index in [2.05, 4.69) is 0 Å². The van der Waals surface area contributed by atoms with Gasteiger partial charge in [-0.3, -0.25) is 19.3 Å². The number of piperazine rings is 1. The topological polar surface area (TPSA) is 95.1 Å². The highest BCUT2D eigenvalue weighted by atomic mass is 35.5. The Bertz CT molecular complexity index is 1140. The van der Waals surface area contributed by atoms with E-state index in [1.807, 2.05) is 0 Å². The maximum atomic E-state index is 12.7. The molecule has 0 aliphatic carbocycles. The largest absolute Gasteiger partial charge is 0.338 e. The quantitative estimate of drug-likeness (QED) is 0.623. The van der Waals surface area contributed by atoms with Crippen LogP contribution in [0.25, 0.3) is 0 Å². The Labute approximate surface area is 189 Å². The second kappa shape index (κ2) is 8.23. The van der Waals surface area contributed by atoms with Gasteiger partial charge in [0.25, 0.3) is 11.8 Å². The number of fused-ring (bicyclic) bond motifs is 1. The fourth-order valence-corrected chi connectivity index (χ4v) is 5.35. The van der Waals surface area contributed by atoms with Crippen LogP contribution in [0, 0.1) is 0 Å². The number of halogens is 2. The molecule has 0 atom stereocenters. The van der Waals surface area contributed by atoms with Crippen LogP contribution in [0.1, 0.15) is 20.7 Å². The second-order valence-electron chi connectivity index (χ2n) is 7.11. The third kappa shape index (κ3) is 3.94. The summed E-state index contributed by atoms with van der Waals surface area (Å²) < 4.78 is 26.7. The summed E-state index contributed by atoms with van der Waals surface area (Å²) in [7, 11) is -3.64. The highest BCUT2D eigenvalue weighted by molar-refractivity contribution is 7.89. The molecule has 3 amide bonds. The molecular formula is C20H17Cl2N3O5S. The normalized spacial score (nSPS) is 17.2. The third-order valence-electron chi connectivity index (χ3n) is 5.28. The molecule has 4 rings (SSSR count). The predicted octanol–water partition coefficient (Wildman–Crippen LogP) is 2.12. The maximum Gasteiger partial charge on any atom is 0.262 e. The van der Waals surface area contributed by atoms with Gasteiger partial charge in [-0.05, 0) is 24.3 Å². The zero-order valence-electron chi connectivity index (χ0n) is 16.1. The lowest BCUT2D eigenvalue weighted by Gasteiger charge is -2.34. The van der Waals surface area contributed by atoms with Crippen LogP contribution >= 0.6 is 23.2 Å². The van der Waals surface area contributed by atoms with E-state index in [1.165, 1.54) is 33.5 Å². The molecule has 11 heteroatoms. The van der Waals surface area contributed by atoms with Crippen molar-refractivity contribution < 1.29 is 22.8 Å². The lowest BCUT2D eigenvalue weighted by molar-refractivity contribution is -0.132. The van der Waals surface area contributed by atoms with Gasteiger partial charge in [0.2, 0.25) is 15.9 Å². The smallest absolute Gasteiger partial charge is 0.262 e. The fraction of sp³-hybridized carbons (Fsp3) is 0.250. The second-order valence-corrected chi connectivity index (χ2v) is 9.86. The summed E-state index contributed by atoms with van der Waals surface area (Å²) in [5, 5.41) is 0.288. The van der Waals surface area contributed by atoms with Crippen LogP contribution in [-0.2, 0) is 14.8 Å². The fourth-order valence-electron chi connectivity index (χ4n) is 3.58. The minimum atomic E-state index is -3.64. The van der Waals surface area contributed by atoms with E-state index in [4.69, 9.17) is 23.2 Å². The lowest BCUT2D eigenvalue weighted by Crippen LogP contribution is -2.53.